The number of hydrogen-bond donors (Lipinski definition) is 3. The summed E-state index contributed by atoms with van der Waals surface area (Å²) in [5, 5.41) is 6.38. The topological polar surface area (TPSA) is 94.3 Å². The van der Waals surface area contributed by atoms with Crippen molar-refractivity contribution in [1.29, 1.82) is 0 Å². The molecule has 0 saturated carbocycles. The summed E-state index contributed by atoms with van der Waals surface area (Å²) in [5.74, 6) is -0.283. The van der Waals surface area contributed by atoms with E-state index >= 15 is 0 Å². The number of nitrogens with zero attached hydrogens (tertiary/aromatic N) is 1. The highest BCUT2D eigenvalue weighted by molar-refractivity contribution is 7.91. The third-order valence-corrected chi connectivity index (χ3v) is 9.42. The average Bonchev–Trinajstić information content (AvgIpc) is 3.28. The van der Waals surface area contributed by atoms with E-state index in [4.69, 9.17) is 12.2 Å². The van der Waals surface area contributed by atoms with Gasteiger partial charge >= 0.3 is 0 Å². The number of aromatic amines is 1. The second-order valence-corrected chi connectivity index (χ2v) is 11.8. The molecule has 0 aliphatic carbocycles. The lowest BCUT2D eigenvalue weighted by Crippen LogP contribution is -2.44. The maximum Gasteiger partial charge on any atom is 0.254 e. The number of rotatable bonds is 11. The first-order chi connectivity index (χ1) is 15.4. The second kappa shape index (κ2) is 12.0. The molecule has 2 aromatic rings. The monoisotopic (exact) mass is 496 g/mol. The Labute approximate surface area is 199 Å². The zero-order valence-electron chi connectivity index (χ0n) is 18.4. The van der Waals surface area contributed by atoms with Crippen molar-refractivity contribution in [3.05, 3.63) is 45.5 Å². The molecule has 1 aliphatic rings. The molecule has 0 spiro atoms. The third kappa shape index (κ3) is 6.71. The average molecular weight is 497 g/mol. The van der Waals surface area contributed by atoms with Gasteiger partial charge in [0.05, 0.1) is 12.1 Å². The van der Waals surface area contributed by atoms with Gasteiger partial charge in [-0.15, -0.1) is 11.3 Å². The predicted molar refractivity (Wildman–Crippen MR) is 131 cm³/mol. The van der Waals surface area contributed by atoms with Gasteiger partial charge in [0.1, 0.15) is 8.85 Å². The molecule has 10 heteroatoms. The summed E-state index contributed by atoms with van der Waals surface area (Å²) in [6.07, 6.45) is 8.26. The largest absolute Gasteiger partial charge is 0.352 e. The lowest BCUT2D eigenvalue weighted by molar-refractivity contribution is 0.0950. The lowest BCUT2D eigenvalue weighted by atomic mass is 10.1. The Bertz CT molecular complexity index is 1040. The number of carbonyl (C=O) groups is 1. The Morgan fingerprint density at radius 2 is 2.00 bits per heavy atom. The molecule has 32 heavy (non-hydrogen) atoms. The van der Waals surface area contributed by atoms with Crippen molar-refractivity contribution >= 4 is 39.5 Å². The van der Waals surface area contributed by atoms with Gasteiger partial charge in [-0.25, -0.2) is 8.42 Å². The zero-order valence-corrected chi connectivity index (χ0v) is 20.9. The molecule has 0 radical (unpaired) electrons. The van der Waals surface area contributed by atoms with Crippen molar-refractivity contribution in [2.24, 2.45) is 0 Å². The van der Waals surface area contributed by atoms with E-state index in [1.165, 1.54) is 37.0 Å². The number of thiophene rings is 1. The van der Waals surface area contributed by atoms with Gasteiger partial charge in [0, 0.05) is 30.2 Å². The first kappa shape index (κ1) is 25.0. The fourth-order valence-electron chi connectivity index (χ4n) is 3.74. The fraction of sp³-hybridized carbons (Fsp3) is 0.545. The number of sulfonamides is 1. The standard InChI is InChI=1S/C22H32N4O3S3/c1-2-3-4-5-12-23-17-10-14-26(15-11-17)32(28,29)20-9-8-18(31-20)16-25-21(27)19-7-6-13-24-22(19)30/h6-9,13,17,23H,2-5,10-12,14-16H2,1H3,(H,24,30)(H,25,27). The maximum atomic E-state index is 13.1. The molecule has 1 amide bonds. The highest BCUT2D eigenvalue weighted by Gasteiger charge is 2.30. The Morgan fingerprint density at radius 3 is 2.72 bits per heavy atom. The SMILES string of the molecule is CCCCCCNC1CCN(S(=O)(=O)c2ccc(CNC(=O)c3ccc[nH]c3=S)s2)CC1. The highest BCUT2D eigenvalue weighted by Crippen LogP contribution is 2.27. The minimum Gasteiger partial charge on any atom is -0.352 e. The maximum absolute atomic E-state index is 13.1. The quantitative estimate of drug-likeness (QED) is 0.322. The summed E-state index contributed by atoms with van der Waals surface area (Å²) < 4.78 is 28.4. The van der Waals surface area contributed by atoms with Gasteiger partial charge < -0.3 is 15.6 Å². The Hall–Kier alpha value is -1.59. The van der Waals surface area contributed by atoms with Gasteiger partial charge in [-0.1, -0.05) is 38.4 Å². The lowest BCUT2D eigenvalue weighted by Gasteiger charge is -2.31. The van der Waals surface area contributed by atoms with Crippen LogP contribution in [0.1, 0.15) is 60.7 Å². The van der Waals surface area contributed by atoms with Crippen LogP contribution in [-0.4, -0.2) is 49.3 Å². The van der Waals surface area contributed by atoms with Crippen LogP contribution in [-0.2, 0) is 16.6 Å². The molecule has 7 nitrogen and oxygen atoms in total. The number of hydrogen-bond acceptors (Lipinski definition) is 6. The molecule has 1 aliphatic heterocycles. The molecule has 3 heterocycles. The second-order valence-electron chi connectivity index (χ2n) is 8.01. The van der Waals surface area contributed by atoms with Crippen molar-refractivity contribution in [1.82, 2.24) is 19.9 Å². The Balaban J connectivity index is 1.49. The Morgan fingerprint density at radius 1 is 1.22 bits per heavy atom. The molecule has 2 aromatic heterocycles. The normalized spacial score (nSPS) is 15.7. The van der Waals surface area contributed by atoms with Crippen LogP contribution in [0, 0.1) is 4.64 Å². The van der Waals surface area contributed by atoms with Crippen molar-refractivity contribution in [3.63, 3.8) is 0 Å². The highest BCUT2D eigenvalue weighted by atomic mass is 32.2. The summed E-state index contributed by atoms with van der Waals surface area (Å²) in [6.45, 7) is 4.53. The van der Waals surface area contributed by atoms with E-state index in [9.17, 15) is 13.2 Å². The number of unbranched alkanes of at least 4 members (excludes halogenated alkanes) is 3. The number of carbonyl (C=O) groups excluding carboxylic acids is 1. The van der Waals surface area contributed by atoms with Gasteiger partial charge in [0.15, 0.2) is 0 Å². The van der Waals surface area contributed by atoms with Crippen LogP contribution in [0.4, 0.5) is 0 Å². The van der Waals surface area contributed by atoms with Crippen LogP contribution in [0.2, 0.25) is 0 Å². The first-order valence-electron chi connectivity index (χ1n) is 11.2. The number of aromatic nitrogens is 1. The summed E-state index contributed by atoms with van der Waals surface area (Å²) in [5.41, 5.74) is 0.397. The van der Waals surface area contributed by atoms with E-state index in [0.29, 0.717) is 33.5 Å². The molecule has 1 fully saturated rings. The van der Waals surface area contributed by atoms with E-state index in [1.807, 2.05) is 0 Å². The minimum absolute atomic E-state index is 0.257. The molecule has 3 N–H and O–H groups in total. The van der Waals surface area contributed by atoms with Gasteiger partial charge in [0.2, 0.25) is 0 Å². The zero-order chi connectivity index (χ0) is 23.0. The number of amides is 1. The fourth-order valence-corrected chi connectivity index (χ4v) is 6.89. The van der Waals surface area contributed by atoms with Crippen molar-refractivity contribution in [3.8, 4) is 0 Å². The van der Waals surface area contributed by atoms with Gasteiger partial charge in [-0.05, 0) is 50.1 Å². The molecule has 0 unspecified atom stereocenters. The van der Waals surface area contributed by atoms with Gasteiger partial charge in [-0.2, -0.15) is 4.31 Å². The van der Waals surface area contributed by atoms with Crippen LogP contribution < -0.4 is 10.6 Å². The molecule has 176 valence electrons. The van der Waals surface area contributed by atoms with E-state index in [-0.39, 0.29) is 12.5 Å². The summed E-state index contributed by atoms with van der Waals surface area (Å²) in [4.78, 5) is 15.9. The van der Waals surface area contributed by atoms with Gasteiger partial charge in [0.25, 0.3) is 15.9 Å². The molecule has 0 atom stereocenters. The Kier molecular flexibility index (Phi) is 9.42. The number of pyridine rings is 1. The van der Waals surface area contributed by atoms with E-state index in [2.05, 4.69) is 22.5 Å². The third-order valence-electron chi connectivity index (χ3n) is 5.63. The van der Waals surface area contributed by atoms with Crippen LogP contribution in [0.5, 0.6) is 0 Å². The number of nitrogens with one attached hydrogen (secondary N) is 3. The van der Waals surface area contributed by atoms with Crippen molar-refractivity contribution < 1.29 is 13.2 Å². The summed E-state index contributed by atoms with van der Waals surface area (Å²) in [7, 11) is -3.50. The van der Waals surface area contributed by atoms with Crippen molar-refractivity contribution in [2.75, 3.05) is 19.6 Å². The molecule has 3 rings (SSSR count). The van der Waals surface area contributed by atoms with Gasteiger partial charge in [-0.3, -0.25) is 4.79 Å². The molecule has 0 aromatic carbocycles. The minimum atomic E-state index is -3.50. The van der Waals surface area contributed by atoms with Crippen LogP contribution in [0.15, 0.2) is 34.7 Å². The van der Waals surface area contributed by atoms with Crippen LogP contribution in [0.25, 0.3) is 0 Å². The molecular formula is C22H32N4O3S3. The summed E-state index contributed by atoms with van der Waals surface area (Å²) >= 11 is 6.33. The summed E-state index contributed by atoms with van der Waals surface area (Å²) in [6, 6.07) is 7.15. The molecule has 0 bridgehead atoms. The molecule has 1 saturated heterocycles. The molecular weight excluding hydrogens is 464 g/mol. The predicted octanol–water partition coefficient (Wildman–Crippen LogP) is 4.06. The van der Waals surface area contributed by atoms with E-state index in [1.54, 1.807) is 34.8 Å². The van der Waals surface area contributed by atoms with E-state index in [0.717, 1.165) is 24.3 Å². The number of piperidine rings is 1. The first-order valence-corrected chi connectivity index (χ1v) is 13.9. The smallest absolute Gasteiger partial charge is 0.254 e. The van der Waals surface area contributed by atoms with Crippen LogP contribution in [0.3, 0.4) is 0 Å². The van der Waals surface area contributed by atoms with Crippen molar-refractivity contribution in [2.45, 2.75) is 62.2 Å². The van der Waals surface area contributed by atoms with Crippen LogP contribution >= 0.6 is 23.6 Å². The van der Waals surface area contributed by atoms with E-state index < -0.39 is 10.0 Å². The number of H-pyrrole nitrogens is 1.